The zero-order valence-corrected chi connectivity index (χ0v) is 48.0. The zero-order valence-electron chi connectivity index (χ0n) is 47.2. The van der Waals surface area contributed by atoms with Gasteiger partial charge in [0.25, 0.3) is 11.8 Å². The summed E-state index contributed by atoms with van der Waals surface area (Å²) >= 11 is 6.05. The van der Waals surface area contributed by atoms with Gasteiger partial charge in [0.05, 0.1) is 69.1 Å². The highest BCUT2D eigenvalue weighted by Gasteiger charge is 2.36. The molecule has 22 nitrogen and oxygen atoms in total. The van der Waals surface area contributed by atoms with E-state index in [1.54, 1.807) is 92.7 Å². The molecule has 436 valence electrons. The van der Waals surface area contributed by atoms with E-state index in [9.17, 15) is 28.8 Å². The van der Waals surface area contributed by atoms with Crippen LogP contribution in [0.4, 0.5) is 28.8 Å². The molecule has 1 aromatic heterocycles. The van der Waals surface area contributed by atoms with Crippen LogP contribution in [-0.4, -0.2) is 133 Å². The summed E-state index contributed by atoms with van der Waals surface area (Å²) in [7, 11) is 4.65. The number of fused-ring (bicyclic) bond motifs is 4. The topological polar surface area (TPSA) is 266 Å². The number of aliphatic imine (C=N–C) groups is 2. The van der Waals surface area contributed by atoms with E-state index in [1.807, 2.05) is 42.6 Å². The molecular weight excluding hydrogens is 1100 g/mol. The van der Waals surface area contributed by atoms with Crippen molar-refractivity contribution in [2.24, 2.45) is 15.9 Å². The molecule has 0 aliphatic carbocycles. The Morgan fingerprint density at radius 1 is 0.690 bits per heavy atom. The van der Waals surface area contributed by atoms with Crippen LogP contribution in [0.15, 0.2) is 114 Å². The van der Waals surface area contributed by atoms with E-state index < -0.39 is 29.8 Å². The van der Waals surface area contributed by atoms with Crippen molar-refractivity contribution in [1.82, 2.24) is 30.4 Å². The molecular formula is C61H64ClN11O11. The third-order valence-electron chi connectivity index (χ3n) is 14.2. The molecule has 4 atom stereocenters. The second kappa shape index (κ2) is 26.6. The van der Waals surface area contributed by atoms with E-state index in [2.05, 4.69) is 43.1 Å². The summed E-state index contributed by atoms with van der Waals surface area (Å²) in [5.41, 5.74) is 5.91. The largest absolute Gasteiger partial charge is 0.497 e. The highest BCUT2D eigenvalue weighted by Crippen LogP contribution is 2.42. The molecule has 0 bridgehead atoms. The maximum Gasteiger partial charge on any atom is 0.260 e. The second-order valence-electron chi connectivity index (χ2n) is 20.4. The Balaban J connectivity index is 0.734. The summed E-state index contributed by atoms with van der Waals surface area (Å²) in [5, 5.41) is 13.9. The van der Waals surface area contributed by atoms with Crippen LogP contribution in [0.25, 0.3) is 11.1 Å². The predicted molar refractivity (Wildman–Crippen MR) is 319 cm³/mol. The van der Waals surface area contributed by atoms with Crippen LogP contribution in [-0.2, 0) is 19.2 Å². The molecule has 0 saturated heterocycles. The highest BCUT2D eigenvalue weighted by molar-refractivity contribution is 6.29. The van der Waals surface area contributed by atoms with Crippen LogP contribution in [0.2, 0.25) is 5.15 Å². The van der Waals surface area contributed by atoms with Gasteiger partial charge in [0.15, 0.2) is 23.0 Å². The lowest BCUT2D eigenvalue weighted by atomic mass is 10.0. The molecule has 9 rings (SSSR count). The van der Waals surface area contributed by atoms with Crippen molar-refractivity contribution in [3.05, 3.63) is 131 Å². The van der Waals surface area contributed by atoms with Crippen molar-refractivity contribution in [3.63, 3.8) is 0 Å². The molecule has 4 aliphatic heterocycles. The first-order valence-corrected chi connectivity index (χ1v) is 27.6. The quantitative estimate of drug-likeness (QED) is 0.0220. The Hall–Kier alpha value is -9.57. The number of methoxy groups -OCH3 is 3. The average Bonchev–Trinajstić information content (AvgIpc) is 3.99. The molecule has 5 aromatic rings. The Kier molecular flexibility index (Phi) is 18.7. The maximum absolute atomic E-state index is 14.1. The van der Waals surface area contributed by atoms with Gasteiger partial charge in [0, 0.05) is 80.9 Å². The third kappa shape index (κ3) is 13.8. The molecule has 0 radical (unpaired) electrons. The highest BCUT2D eigenvalue weighted by atomic mass is 35.5. The van der Waals surface area contributed by atoms with Crippen LogP contribution in [0, 0.1) is 5.92 Å². The van der Waals surface area contributed by atoms with Gasteiger partial charge in [0.1, 0.15) is 28.8 Å². The summed E-state index contributed by atoms with van der Waals surface area (Å²) in [6.07, 6.45) is 10.3. The fourth-order valence-electron chi connectivity index (χ4n) is 9.73. The van der Waals surface area contributed by atoms with Crippen molar-refractivity contribution in [3.8, 4) is 28.7 Å². The maximum atomic E-state index is 14.1. The summed E-state index contributed by atoms with van der Waals surface area (Å²) in [6.45, 7) is 9.32. The number of ether oxygens (including phenoxy) is 5. The van der Waals surface area contributed by atoms with Crippen LogP contribution >= 0.6 is 11.6 Å². The van der Waals surface area contributed by atoms with Crippen molar-refractivity contribution in [2.45, 2.75) is 77.0 Å². The number of nitrogens with zero attached hydrogens (tertiary/aromatic N) is 6. The van der Waals surface area contributed by atoms with E-state index in [4.69, 9.17) is 45.3 Å². The minimum Gasteiger partial charge on any atom is -0.497 e. The number of carbonyl (C=O) groups is 6. The van der Waals surface area contributed by atoms with Crippen molar-refractivity contribution in [2.75, 3.05) is 57.0 Å². The van der Waals surface area contributed by atoms with Gasteiger partial charge in [-0.3, -0.25) is 38.8 Å². The summed E-state index contributed by atoms with van der Waals surface area (Å²) in [6, 6.07) is 20.5. The Morgan fingerprint density at radius 2 is 1.25 bits per heavy atom. The number of hydrogen-bond donors (Lipinski definition) is 5. The molecule has 3 unspecified atom stereocenters. The van der Waals surface area contributed by atoms with Gasteiger partial charge in [-0.2, -0.15) is 4.98 Å². The number of rotatable bonds is 24. The normalized spacial score (nSPS) is 16.3. The van der Waals surface area contributed by atoms with Crippen LogP contribution in [0.1, 0.15) is 84.7 Å². The van der Waals surface area contributed by atoms with Crippen molar-refractivity contribution < 1.29 is 52.5 Å². The minimum absolute atomic E-state index is 0.0727. The van der Waals surface area contributed by atoms with E-state index in [1.165, 1.54) is 20.3 Å². The lowest BCUT2D eigenvalue weighted by molar-refractivity contribution is -0.131. The Morgan fingerprint density at radius 3 is 1.77 bits per heavy atom. The Labute approximate surface area is 490 Å². The fraction of sp³-hybridized carbons (Fsp3) is 0.311. The third-order valence-corrected chi connectivity index (χ3v) is 14.4. The van der Waals surface area contributed by atoms with E-state index in [0.717, 1.165) is 34.1 Å². The van der Waals surface area contributed by atoms with Gasteiger partial charge >= 0.3 is 0 Å². The number of anilines is 3. The number of benzene rings is 4. The smallest absolute Gasteiger partial charge is 0.260 e. The molecule has 4 aliphatic rings. The molecule has 5 N–H and O–H groups in total. The Bertz CT molecular complexity index is 3490. The molecule has 5 heterocycles. The molecule has 0 fully saturated rings. The molecule has 0 spiro atoms. The number of carbonyl (C=O) groups excluding carboxylic acids is 6. The van der Waals surface area contributed by atoms with Gasteiger partial charge in [-0.15, -0.1) is 0 Å². The number of nitrogens with one attached hydrogen (secondary N) is 5. The summed E-state index contributed by atoms with van der Waals surface area (Å²) in [5.74, 6) is 0.146. The monoisotopic (exact) mass is 1160 g/mol. The van der Waals surface area contributed by atoms with Crippen molar-refractivity contribution in [1.29, 1.82) is 0 Å². The summed E-state index contributed by atoms with van der Waals surface area (Å²) in [4.78, 5) is 100. The van der Waals surface area contributed by atoms with E-state index >= 15 is 0 Å². The van der Waals surface area contributed by atoms with Gasteiger partial charge in [-0.05, 0) is 84.0 Å². The van der Waals surface area contributed by atoms with Gasteiger partial charge < -0.3 is 60.1 Å². The number of aromatic nitrogens is 2. The number of halogens is 1. The standard InChI is InChI=1S/C61H64ClN11O11/c1-8-54(74)69-53-29-52(62)68-61(70-53)63-20-9-11-55(75)71-56(34(2)3)58(77)66-35(4)57(76)67-40-16-12-36(13-17-40)38-23-41-30-64-46-27-50(48(81-6)25-44(46)59(78)72(41)32-38)83-21-10-22-84-51-28-47-45(26-49(51)82-7)60(79)73-33-39(24-42(73)31-65-47)37-14-18-43(80-5)19-15-37/h8,12-19,25-35,41-42,56H,1,9-11,20-24H2,2-7H3,(H,66,77)(H,67,76)(H,71,75)(H2,63,68,69,70,74)/t35-,41?,42?,56?/m0/s1. The predicted octanol–water partition coefficient (Wildman–Crippen LogP) is 8.55. The minimum atomic E-state index is -0.946. The molecule has 6 amide bonds. The molecule has 23 heteroatoms. The first-order chi connectivity index (χ1) is 40.5. The molecule has 84 heavy (non-hydrogen) atoms. The first kappa shape index (κ1) is 59.1. The number of hydrogen-bond acceptors (Lipinski definition) is 16. The van der Waals surface area contributed by atoms with Gasteiger partial charge in [0.2, 0.25) is 29.6 Å². The van der Waals surface area contributed by atoms with Gasteiger partial charge in [-0.1, -0.05) is 56.3 Å². The lowest BCUT2D eigenvalue weighted by Gasteiger charge is -2.24. The second-order valence-corrected chi connectivity index (χ2v) is 20.7. The van der Waals surface area contributed by atoms with Crippen LogP contribution in [0.3, 0.4) is 0 Å². The van der Waals surface area contributed by atoms with Gasteiger partial charge in [-0.25, -0.2) is 4.98 Å². The van der Waals surface area contributed by atoms with Crippen molar-refractivity contribution >= 4 is 99.4 Å². The van der Waals surface area contributed by atoms with E-state index in [-0.39, 0.29) is 72.3 Å². The van der Waals surface area contributed by atoms with Crippen LogP contribution < -0.4 is 50.3 Å². The number of amides is 6. The fourth-order valence-corrected chi connectivity index (χ4v) is 9.91. The molecule has 0 saturated carbocycles. The van der Waals surface area contributed by atoms with E-state index in [0.29, 0.717) is 83.4 Å². The lowest BCUT2D eigenvalue weighted by Crippen LogP contribution is -2.53. The zero-order chi connectivity index (χ0) is 59.6. The summed E-state index contributed by atoms with van der Waals surface area (Å²) < 4.78 is 29.0. The molecule has 4 aromatic carbocycles. The average molecular weight is 1160 g/mol. The SMILES string of the molecule is C=CC(=O)Nc1cc(Cl)nc(NCCCC(=O)NC(C(=O)N[C@@H](C)C(=O)Nc2ccc(C3=CN4C(=O)c5cc(OC)c(OCCCOc6cc7c(cc6OC)C(=O)N6C=C(c8ccc(OC)cc8)CC6C=N7)cc5N=CC4C3)cc2)C(C)C)n1. The first-order valence-electron chi connectivity index (χ1n) is 27.2. The van der Waals surface area contributed by atoms with Crippen LogP contribution in [0.5, 0.6) is 28.7 Å².